The molecule has 0 bridgehead atoms. The number of hydrogen-bond acceptors (Lipinski definition) is 5. The van der Waals surface area contributed by atoms with Crippen LogP contribution in [0.1, 0.15) is 41.6 Å². The van der Waals surface area contributed by atoms with Crippen LogP contribution in [0, 0.1) is 0 Å². The lowest BCUT2D eigenvalue weighted by atomic mass is 10.2. The topological polar surface area (TPSA) is 88.0 Å². The summed E-state index contributed by atoms with van der Waals surface area (Å²) < 4.78 is 0. The minimum atomic E-state index is -1.07. The summed E-state index contributed by atoms with van der Waals surface area (Å²) in [5, 5.41) is 12.3. The van der Waals surface area contributed by atoms with E-state index in [1.165, 1.54) is 6.20 Å². The summed E-state index contributed by atoms with van der Waals surface area (Å²) in [4.78, 5) is 23.5. The number of pyridine rings is 1. The molecule has 2 heterocycles. The number of carbonyl (C=O) groups is 1. The maximum absolute atomic E-state index is 11.3. The molecule has 2 rings (SSSR count). The summed E-state index contributed by atoms with van der Waals surface area (Å²) in [6, 6.07) is 3.73. The van der Waals surface area contributed by atoms with Gasteiger partial charge in [0.2, 0.25) is 0 Å². The van der Waals surface area contributed by atoms with Crippen molar-refractivity contribution in [2.45, 2.75) is 26.3 Å². The second-order valence-corrected chi connectivity index (χ2v) is 4.67. The lowest BCUT2D eigenvalue weighted by Crippen LogP contribution is -2.12. The minimum absolute atomic E-state index is 0.00686. The van der Waals surface area contributed by atoms with Crippen LogP contribution in [-0.4, -0.2) is 26.0 Å². The molecule has 20 heavy (non-hydrogen) atoms. The van der Waals surface area contributed by atoms with Gasteiger partial charge >= 0.3 is 5.97 Å². The van der Waals surface area contributed by atoms with Gasteiger partial charge in [0.05, 0.1) is 11.9 Å². The predicted molar refractivity (Wildman–Crippen MR) is 74.6 cm³/mol. The molecular formula is C14H16N4O2. The summed E-state index contributed by atoms with van der Waals surface area (Å²) in [6.45, 7) is 4.31. The number of aromatic nitrogens is 3. The lowest BCUT2D eigenvalue weighted by Gasteiger charge is -2.11. The van der Waals surface area contributed by atoms with Crippen LogP contribution >= 0.6 is 0 Å². The van der Waals surface area contributed by atoms with Crippen LogP contribution in [0.4, 0.5) is 5.69 Å². The molecular weight excluding hydrogens is 256 g/mol. The van der Waals surface area contributed by atoms with Gasteiger partial charge in [0.15, 0.2) is 5.69 Å². The van der Waals surface area contributed by atoms with Crippen molar-refractivity contribution in [1.82, 2.24) is 15.0 Å². The second-order valence-electron chi connectivity index (χ2n) is 4.67. The fourth-order valence-electron chi connectivity index (χ4n) is 1.67. The molecule has 0 aliphatic rings. The molecule has 0 unspecified atom stereocenters. The van der Waals surface area contributed by atoms with E-state index >= 15 is 0 Å². The lowest BCUT2D eigenvalue weighted by molar-refractivity contribution is 0.0691. The number of carboxylic acid groups (broad SMARTS) is 1. The molecule has 0 aromatic carbocycles. The van der Waals surface area contributed by atoms with Gasteiger partial charge in [-0.3, -0.25) is 4.98 Å². The summed E-state index contributed by atoms with van der Waals surface area (Å²) in [7, 11) is 0. The van der Waals surface area contributed by atoms with Gasteiger partial charge in [-0.25, -0.2) is 14.8 Å². The second kappa shape index (κ2) is 6.10. The van der Waals surface area contributed by atoms with Crippen LogP contribution in [-0.2, 0) is 6.54 Å². The van der Waals surface area contributed by atoms with Gasteiger partial charge in [-0.15, -0.1) is 0 Å². The van der Waals surface area contributed by atoms with Crippen molar-refractivity contribution >= 4 is 11.7 Å². The smallest absolute Gasteiger partial charge is 0.356 e. The third-order valence-electron chi connectivity index (χ3n) is 2.73. The molecule has 0 spiro atoms. The third-order valence-corrected chi connectivity index (χ3v) is 2.73. The van der Waals surface area contributed by atoms with E-state index in [9.17, 15) is 9.90 Å². The Morgan fingerprint density at radius 3 is 2.80 bits per heavy atom. The van der Waals surface area contributed by atoms with Crippen LogP contribution in [0.15, 0.2) is 30.7 Å². The Kier molecular flexibility index (Phi) is 4.24. The summed E-state index contributed by atoms with van der Waals surface area (Å²) in [5.41, 5.74) is 1.36. The Balaban J connectivity index is 2.21. The molecule has 0 aliphatic heterocycles. The average Bonchev–Trinajstić information content (AvgIpc) is 2.45. The number of aromatic carboxylic acids is 1. The number of nitrogens with one attached hydrogen (secondary N) is 1. The SMILES string of the molecule is CC(C)c1ncc(NCc2cccnc2)c(C(=O)O)n1. The molecule has 0 amide bonds. The fraction of sp³-hybridized carbons (Fsp3) is 0.286. The fourth-order valence-corrected chi connectivity index (χ4v) is 1.67. The molecule has 0 fully saturated rings. The van der Waals surface area contributed by atoms with Gasteiger partial charge < -0.3 is 10.4 Å². The molecule has 0 aliphatic carbocycles. The molecule has 0 radical (unpaired) electrons. The third kappa shape index (κ3) is 3.28. The molecule has 104 valence electrons. The van der Waals surface area contributed by atoms with Gasteiger partial charge in [0.25, 0.3) is 0 Å². The maximum Gasteiger partial charge on any atom is 0.356 e. The van der Waals surface area contributed by atoms with Gasteiger partial charge in [0.1, 0.15) is 5.82 Å². The Labute approximate surface area is 116 Å². The standard InChI is InChI=1S/C14H16N4O2/c1-9(2)13-17-8-11(12(18-13)14(19)20)16-7-10-4-3-5-15-6-10/h3-6,8-9,16H,7H2,1-2H3,(H,19,20). The first-order chi connectivity index (χ1) is 9.58. The largest absolute Gasteiger partial charge is 0.476 e. The first kappa shape index (κ1) is 13.9. The van der Waals surface area contributed by atoms with Crippen molar-refractivity contribution in [2.75, 3.05) is 5.32 Å². The predicted octanol–water partition coefficient (Wildman–Crippen LogP) is 2.31. The van der Waals surface area contributed by atoms with Crippen molar-refractivity contribution in [2.24, 2.45) is 0 Å². The van der Waals surface area contributed by atoms with E-state index in [4.69, 9.17) is 0 Å². The summed E-state index contributed by atoms with van der Waals surface area (Å²) in [6.07, 6.45) is 4.92. The van der Waals surface area contributed by atoms with Gasteiger partial charge in [-0.1, -0.05) is 19.9 Å². The monoisotopic (exact) mass is 272 g/mol. The van der Waals surface area contributed by atoms with Crippen molar-refractivity contribution < 1.29 is 9.90 Å². The maximum atomic E-state index is 11.3. The van der Waals surface area contributed by atoms with Crippen LogP contribution in [0.3, 0.4) is 0 Å². The van der Waals surface area contributed by atoms with E-state index < -0.39 is 5.97 Å². The number of nitrogens with zero attached hydrogens (tertiary/aromatic N) is 3. The van der Waals surface area contributed by atoms with Crippen molar-refractivity contribution in [3.8, 4) is 0 Å². The first-order valence-electron chi connectivity index (χ1n) is 6.31. The molecule has 6 heteroatoms. The van der Waals surface area contributed by atoms with Crippen molar-refractivity contribution in [3.05, 3.63) is 47.8 Å². The molecule has 6 nitrogen and oxygen atoms in total. The first-order valence-corrected chi connectivity index (χ1v) is 6.31. The highest BCUT2D eigenvalue weighted by atomic mass is 16.4. The number of hydrogen-bond donors (Lipinski definition) is 2. The Hall–Kier alpha value is -2.50. The normalized spacial score (nSPS) is 10.6. The van der Waals surface area contributed by atoms with E-state index in [1.54, 1.807) is 12.4 Å². The van der Waals surface area contributed by atoms with Crippen LogP contribution in [0.2, 0.25) is 0 Å². The Morgan fingerprint density at radius 2 is 2.20 bits per heavy atom. The molecule has 0 saturated carbocycles. The van der Waals surface area contributed by atoms with Gasteiger partial charge in [-0.05, 0) is 11.6 Å². The highest BCUT2D eigenvalue weighted by molar-refractivity contribution is 5.91. The number of rotatable bonds is 5. The number of carboxylic acids is 1. The summed E-state index contributed by atoms with van der Waals surface area (Å²) >= 11 is 0. The van der Waals surface area contributed by atoms with E-state index in [1.807, 2.05) is 26.0 Å². The van der Waals surface area contributed by atoms with Crippen molar-refractivity contribution in [1.29, 1.82) is 0 Å². The quantitative estimate of drug-likeness (QED) is 0.868. The summed E-state index contributed by atoms with van der Waals surface area (Å²) in [5.74, 6) is -0.460. The highest BCUT2D eigenvalue weighted by Crippen LogP contribution is 2.17. The molecule has 0 atom stereocenters. The zero-order chi connectivity index (χ0) is 14.5. The van der Waals surface area contributed by atoms with E-state index in [0.717, 1.165) is 5.56 Å². The molecule has 0 saturated heterocycles. The Morgan fingerprint density at radius 1 is 1.40 bits per heavy atom. The van der Waals surface area contributed by atoms with Crippen LogP contribution < -0.4 is 5.32 Å². The van der Waals surface area contributed by atoms with E-state index in [2.05, 4.69) is 20.3 Å². The van der Waals surface area contributed by atoms with E-state index in [0.29, 0.717) is 18.1 Å². The van der Waals surface area contributed by atoms with Crippen LogP contribution in [0.25, 0.3) is 0 Å². The molecule has 2 N–H and O–H groups in total. The zero-order valence-electron chi connectivity index (χ0n) is 11.4. The molecule has 2 aromatic heterocycles. The molecule has 2 aromatic rings. The Bertz CT molecular complexity index is 599. The van der Waals surface area contributed by atoms with Crippen LogP contribution in [0.5, 0.6) is 0 Å². The van der Waals surface area contributed by atoms with Gasteiger partial charge in [-0.2, -0.15) is 0 Å². The number of anilines is 1. The minimum Gasteiger partial charge on any atom is -0.476 e. The zero-order valence-corrected chi connectivity index (χ0v) is 11.4. The van der Waals surface area contributed by atoms with Crippen molar-refractivity contribution in [3.63, 3.8) is 0 Å². The van der Waals surface area contributed by atoms with E-state index in [-0.39, 0.29) is 11.6 Å². The van der Waals surface area contributed by atoms with Gasteiger partial charge in [0, 0.05) is 24.9 Å². The highest BCUT2D eigenvalue weighted by Gasteiger charge is 2.15. The average molecular weight is 272 g/mol.